The van der Waals surface area contributed by atoms with E-state index in [4.69, 9.17) is 0 Å². The number of aliphatic hydroxyl groups excluding tert-OH is 1. The van der Waals surface area contributed by atoms with Crippen molar-refractivity contribution < 1.29 is 5.11 Å². The van der Waals surface area contributed by atoms with Crippen molar-refractivity contribution in [2.75, 3.05) is 44.7 Å². The predicted octanol–water partition coefficient (Wildman–Crippen LogP) is 4.11. The van der Waals surface area contributed by atoms with Crippen molar-refractivity contribution in [1.82, 2.24) is 14.9 Å². The number of pyridine rings is 1. The monoisotopic (exact) mass is 428 g/mol. The number of aromatic amines is 1. The molecule has 1 aromatic carbocycles. The number of benzene rings is 1. The number of hydrogen-bond acceptors (Lipinski definition) is 4. The topological polar surface area (TPSA) is 55.4 Å². The Morgan fingerprint density at radius 2 is 1.78 bits per heavy atom. The van der Waals surface area contributed by atoms with Gasteiger partial charge in [0.05, 0.1) is 17.6 Å². The van der Waals surface area contributed by atoms with Crippen LogP contribution >= 0.6 is 0 Å². The first-order valence-electron chi connectivity index (χ1n) is 11.6. The average Bonchev–Trinajstić information content (AvgIpc) is 3.16. The van der Waals surface area contributed by atoms with Gasteiger partial charge in [-0.05, 0) is 68.6 Å². The molecule has 3 heterocycles. The minimum Gasteiger partial charge on any atom is -0.395 e. The van der Waals surface area contributed by atoms with Crippen LogP contribution in [0.5, 0.6) is 0 Å². The van der Waals surface area contributed by atoms with E-state index in [1.54, 1.807) is 0 Å². The standard InChI is InChI=1S/C27H32N4O/c1-19-13-22(14-20(2)25(19)31-11-9-30(3)10-12-31)23-15-24-21(16-28-26(24)29-17-23)5-8-27(18-32)6-4-7-27/h13-17,32H,4,6-7,9-12,18H2,1-3H3,(H,28,29). The highest BCUT2D eigenvalue weighted by atomic mass is 16.3. The van der Waals surface area contributed by atoms with Gasteiger partial charge in [-0.25, -0.2) is 4.98 Å². The van der Waals surface area contributed by atoms with E-state index in [0.29, 0.717) is 0 Å². The molecule has 0 unspecified atom stereocenters. The van der Waals surface area contributed by atoms with Crippen molar-refractivity contribution in [3.8, 4) is 23.0 Å². The second kappa shape index (κ2) is 8.27. The molecule has 0 radical (unpaired) electrons. The number of aromatic nitrogens is 2. The summed E-state index contributed by atoms with van der Waals surface area (Å²) < 4.78 is 0. The Morgan fingerprint density at radius 3 is 2.41 bits per heavy atom. The lowest BCUT2D eigenvalue weighted by Crippen LogP contribution is -2.45. The van der Waals surface area contributed by atoms with Crippen LogP contribution in [0.4, 0.5) is 5.69 Å². The van der Waals surface area contributed by atoms with Crippen LogP contribution in [0, 0.1) is 31.1 Å². The second-order valence-corrected chi connectivity index (χ2v) is 9.61. The number of likely N-dealkylation sites (N-methyl/N-ethyl adjacent to an activating group) is 1. The molecule has 32 heavy (non-hydrogen) atoms. The molecular formula is C27H32N4O. The number of rotatable bonds is 3. The fraction of sp³-hybridized carbons (Fsp3) is 0.444. The molecule has 0 amide bonds. The predicted molar refractivity (Wildman–Crippen MR) is 131 cm³/mol. The van der Waals surface area contributed by atoms with Gasteiger partial charge in [0.1, 0.15) is 5.65 Å². The maximum Gasteiger partial charge on any atom is 0.138 e. The van der Waals surface area contributed by atoms with Gasteiger partial charge in [-0.15, -0.1) is 0 Å². The van der Waals surface area contributed by atoms with Crippen molar-refractivity contribution in [3.05, 3.63) is 47.3 Å². The van der Waals surface area contributed by atoms with Crippen LogP contribution < -0.4 is 4.90 Å². The van der Waals surface area contributed by atoms with Gasteiger partial charge >= 0.3 is 0 Å². The van der Waals surface area contributed by atoms with Gasteiger partial charge in [-0.3, -0.25) is 0 Å². The molecule has 2 N–H and O–H groups in total. The van der Waals surface area contributed by atoms with Crippen LogP contribution in [0.25, 0.3) is 22.2 Å². The van der Waals surface area contributed by atoms with Crippen LogP contribution in [0.1, 0.15) is 36.0 Å². The molecule has 166 valence electrons. The van der Waals surface area contributed by atoms with E-state index in [-0.39, 0.29) is 12.0 Å². The molecule has 5 heteroatoms. The molecule has 0 atom stereocenters. The summed E-state index contributed by atoms with van der Waals surface area (Å²) in [5.74, 6) is 6.67. The molecule has 1 aliphatic heterocycles. The first-order valence-corrected chi connectivity index (χ1v) is 11.6. The van der Waals surface area contributed by atoms with Crippen molar-refractivity contribution in [2.24, 2.45) is 5.41 Å². The smallest absolute Gasteiger partial charge is 0.138 e. The van der Waals surface area contributed by atoms with Gasteiger partial charge in [-0.1, -0.05) is 18.3 Å². The zero-order valence-electron chi connectivity index (χ0n) is 19.3. The summed E-state index contributed by atoms with van der Waals surface area (Å²) >= 11 is 0. The highest BCUT2D eigenvalue weighted by molar-refractivity contribution is 5.87. The summed E-state index contributed by atoms with van der Waals surface area (Å²) in [5, 5.41) is 10.8. The van der Waals surface area contributed by atoms with Gasteiger partial charge in [0.2, 0.25) is 0 Å². The number of piperazine rings is 1. The Balaban J connectivity index is 1.48. The fourth-order valence-corrected chi connectivity index (χ4v) is 5.04. The van der Waals surface area contributed by atoms with E-state index in [1.807, 2.05) is 12.4 Å². The highest BCUT2D eigenvalue weighted by Crippen LogP contribution is 2.40. The Hall–Kier alpha value is -2.81. The summed E-state index contributed by atoms with van der Waals surface area (Å²) in [5.41, 5.74) is 7.90. The Bertz CT molecular complexity index is 1170. The molecular weight excluding hydrogens is 396 g/mol. The summed E-state index contributed by atoms with van der Waals surface area (Å²) in [4.78, 5) is 12.8. The number of aliphatic hydroxyl groups is 1. The molecule has 1 saturated carbocycles. The SMILES string of the molecule is Cc1cc(-c2cnc3[nH]cc(C#CC4(CO)CCC4)c3c2)cc(C)c1N1CCN(C)CC1. The van der Waals surface area contributed by atoms with Gasteiger partial charge in [0, 0.05) is 55.2 Å². The molecule has 1 aliphatic carbocycles. The van der Waals surface area contributed by atoms with Crippen molar-refractivity contribution in [2.45, 2.75) is 33.1 Å². The lowest BCUT2D eigenvalue weighted by molar-refractivity contribution is 0.102. The maximum atomic E-state index is 9.72. The highest BCUT2D eigenvalue weighted by Gasteiger charge is 2.34. The molecule has 0 spiro atoms. The third kappa shape index (κ3) is 3.79. The molecule has 5 nitrogen and oxygen atoms in total. The third-order valence-corrected chi connectivity index (χ3v) is 7.25. The molecule has 2 fully saturated rings. The van der Waals surface area contributed by atoms with Crippen LogP contribution in [-0.4, -0.2) is 59.8 Å². The van der Waals surface area contributed by atoms with E-state index < -0.39 is 0 Å². The lowest BCUT2D eigenvalue weighted by Gasteiger charge is -2.36. The van der Waals surface area contributed by atoms with E-state index >= 15 is 0 Å². The normalized spacial score (nSPS) is 18.3. The maximum absolute atomic E-state index is 9.72. The van der Waals surface area contributed by atoms with E-state index in [0.717, 1.165) is 67.6 Å². The minimum absolute atomic E-state index is 0.143. The number of aryl methyl sites for hydroxylation is 2. The Kier molecular flexibility index (Phi) is 5.44. The molecule has 2 aromatic heterocycles. The lowest BCUT2D eigenvalue weighted by atomic mass is 9.70. The molecule has 0 bridgehead atoms. The summed E-state index contributed by atoms with van der Waals surface area (Å²) in [6.07, 6.45) is 7.00. The van der Waals surface area contributed by atoms with Gasteiger partial charge in [0.25, 0.3) is 0 Å². The number of fused-ring (bicyclic) bond motifs is 1. The number of hydrogen-bond donors (Lipinski definition) is 2. The van der Waals surface area contributed by atoms with Crippen molar-refractivity contribution in [1.29, 1.82) is 0 Å². The van der Waals surface area contributed by atoms with Crippen LogP contribution in [0.3, 0.4) is 0 Å². The number of anilines is 1. The van der Waals surface area contributed by atoms with E-state index in [2.05, 4.69) is 70.7 Å². The third-order valence-electron chi connectivity index (χ3n) is 7.25. The molecule has 3 aromatic rings. The number of nitrogens with zero attached hydrogens (tertiary/aromatic N) is 3. The average molecular weight is 429 g/mol. The second-order valence-electron chi connectivity index (χ2n) is 9.61. The van der Waals surface area contributed by atoms with Crippen molar-refractivity contribution in [3.63, 3.8) is 0 Å². The number of H-pyrrole nitrogens is 1. The summed E-state index contributed by atoms with van der Waals surface area (Å²) in [6, 6.07) is 6.77. The van der Waals surface area contributed by atoms with E-state index in [9.17, 15) is 5.11 Å². The van der Waals surface area contributed by atoms with Gasteiger partial charge < -0.3 is 19.9 Å². The molecule has 2 aliphatic rings. The van der Waals surface area contributed by atoms with Crippen molar-refractivity contribution >= 4 is 16.7 Å². The Labute approximate surface area is 190 Å². The zero-order valence-corrected chi connectivity index (χ0v) is 19.3. The molecule has 5 rings (SSSR count). The fourth-order valence-electron chi connectivity index (χ4n) is 5.04. The van der Waals surface area contributed by atoms with Crippen LogP contribution in [0.2, 0.25) is 0 Å². The minimum atomic E-state index is -0.206. The number of nitrogens with one attached hydrogen (secondary N) is 1. The zero-order chi connectivity index (χ0) is 22.3. The summed E-state index contributed by atoms with van der Waals surface area (Å²) in [7, 11) is 2.19. The molecule has 1 saturated heterocycles. The van der Waals surface area contributed by atoms with Gasteiger partial charge in [0.15, 0.2) is 0 Å². The first-order chi connectivity index (χ1) is 15.5. The summed E-state index contributed by atoms with van der Waals surface area (Å²) in [6.45, 7) is 8.94. The Morgan fingerprint density at radius 1 is 1.06 bits per heavy atom. The quantitative estimate of drug-likeness (QED) is 0.617. The van der Waals surface area contributed by atoms with Gasteiger partial charge in [-0.2, -0.15) is 0 Å². The van der Waals surface area contributed by atoms with E-state index in [1.165, 1.54) is 22.4 Å². The van der Waals surface area contributed by atoms with Crippen LogP contribution in [-0.2, 0) is 0 Å². The largest absolute Gasteiger partial charge is 0.395 e. The van der Waals surface area contributed by atoms with Crippen LogP contribution in [0.15, 0.2) is 30.6 Å². The first kappa shape index (κ1) is 21.1.